The Labute approximate surface area is 119 Å². The molecule has 0 saturated carbocycles. The fourth-order valence-electron chi connectivity index (χ4n) is 1.11. The number of rotatable bonds is 2. The summed E-state index contributed by atoms with van der Waals surface area (Å²) in [7, 11) is 0. The van der Waals surface area contributed by atoms with Gasteiger partial charge in [0, 0.05) is 0 Å². The lowest BCUT2D eigenvalue weighted by atomic mass is 10.3. The Hall–Kier alpha value is -1.76. The largest absolute Gasteiger partial charge is 0.457 e. The maximum atomic E-state index is 5.58. The molecule has 0 unspecified atom stereocenters. The zero-order chi connectivity index (χ0) is 14.9. The van der Waals surface area contributed by atoms with Crippen LogP contribution in [0.25, 0.3) is 0 Å². The number of para-hydroxylation sites is 2. The van der Waals surface area contributed by atoms with E-state index < -0.39 is 0 Å². The van der Waals surface area contributed by atoms with Crippen molar-refractivity contribution >= 4 is 0 Å². The summed E-state index contributed by atoms with van der Waals surface area (Å²) in [6, 6.07) is 19.5. The predicted molar refractivity (Wildman–Crippen MR) is 87.0 cm³/mol. The van der Waals surface area contributed by atoms with Gasteiger partial charge in [-0.05, 0) is 24.3 Å². The average Bonchev–Trinajstić information content (AvgIpc) is 2.55. The molecule has 0 aliphatic rings. The zero-order valence-electron chi connectivity index (χ0n) is 13.2. The standard InChI is InChI=1S/C12H10O.3C2H6/c1-3-7-11(8-4-1)13-12-9-5-2-6-10-12;3*1-2/h1-10H;3*1-2H3. The Morgan fingerprint density at radius 1 is 0.474 bits per heavy atom. The van der Waals surface area contributed by atoms with Crippen LogP contribution in [0.4, 0.5) is 0 Å². The topological polar surface area (TPSA) is 9.23 Å². The first kappa shape index (κ1) is 19.6. The van der Waals surface area contributed by atoms with Gasteiger partial charge in [-0.15, -0.1) is 0 Å². The molecule has 0 spiro atoms. The van der Waals surface area contributed by atoms with E-state index in [0.717, 1.165) is 11.5 Å². The van der Waals surface area contributed by atoms with E-state index >= 15 is 0 Å². The van der Waals surface area contributed by atoms with Gasteiger partial charge in [0.15, 0.2) is 0 Å². The van der Waals surface area contributed by atoms with Gasteiger partial charge in [-0.2, -0.15) is 0 Å². The summed E-state index contributed by atoms with van der Waals surface area (Å²) >= 11 is 0. The lowest BCUT2D eigenvalue weighted by Crippen LogP contribution is -1.81. The van der Waals surface area contributed by atoms with Crippen molar-refractivity contribution in [2.45, 2.75) is 41.5 Å². The van der Waals surface area contributed by atoms with Crippen molar-refractivity contribution in [3.63, 3.8) is 0 Å². The van der Waals surface area contributed by atoms with Gasteiger partial charge in [0.25, 0.3) is 0 Å². The van der Waals surface area contributed by atoms with E-state index in [1.54, 1.807) is 0 Å². The van der Waals surface area contributed by atoms with Crippen LogP contribution in [0, 0.1) is 0 Å². The van der Waals surface area contributed by atoms with Crippen LogP contribution >= 0.6 is 0 Å². The number of ether oxygens (including phenoxy) is 1. The summed E-state index contributed by atoms with van der Waals surface area (Å²) < 4.78 is 5.58. The fraction of sp³-hybridized carbons (Fsp3) is 0.333. The molecule has 0 radical (unpaired) electrons. The lowest BCUT2D eigenvalue weighted by Gasteiger charge is -2.03. The van der Waals surface area contributed by atoms with Gasteiger partial charge >= 0.3 is 0 Å². The summed E-state index contributed by atoms with van der Waals surface area (Å²) in [6.07, 6.45) is 0. The number of benzene rings is 2. The Balaban J connectivity index is 0. The molecule has 0 fully saturated rings. The number of hydrogen-bond acceptors (Lipinski definition) is 1. The van der Waals surface area contributed by atoms with E-state index in [0.29, 0.717) is 0 Å². The third-order valence-electron chi connectivity index (χ3n) is 1.72. The molecule has 0 aliphatic heterocycles. The van der Waals surface area contributed by atoms with Crippen molar-refractivity contribution < 1.29 is 4.74 Å². The molecule has 2 aromatic rings. The van der Waals surface area contributed by atoms with Crippen LogP contribution < -0.4 is 4.74 Å². The maximum absolute atomic E-state index is 5.58. The average molecular weight is 260 g/mol. The molecular weight excluding hydrogens is 232 g/mol. The second kappa shape index (κ2) is 16.2. The van der Waals surface area contributed by atoms with E-state index in [2.05, 4.69) is 0 Å². The summed E-state index contributed by atoms with van der Waals surface area (Å²) in [6.45, 7) is 12.0. The highest BCUT2D eigenvalue weighted by Crippen LogP contribution is 2.19. The van der Waals surface area contributed by atoms with Crippen molar-refractivity contribution in [2.24, 2.45) is 0 Å². The van der Waals surface area contributed by atoms with Gasteiger partial charge in [0.05, 0.1) is 0 Å². The van der Waals surface area contributed by atoms with E-state index in [-0.39, 0.29) is 0 Å². The highest BCUT2D eigenvalue weighted by atomic mass is 16.5. The van der Waals surface area contributed by atoms with Crippen LogP contribution in [-0.4, -0.2) is 0 Å². The Morgan fingerprint density at radius 3 is 1.00 bits per heavy atom. The minimum atomic E-state index is 0.869. The molecule has 1 heteroatoms. The SMILES string of the molecule is CC.CC.CC.c1ccc(Oc2ccccc2)cc1. The zero-order valence-corrected chi connectivity index (χ0v) is 13.2. The predicted octanol–water partition coefficient (Wildman–Crippen LogP) is 6.56. The lowest BCUT2D eigenvalue weighted by molar-refractivity contribution is 0.482. The normalized spacial score (nSPS) is 7.47. The fourth-order valence-corrected chi connectivity index (χ4v) is 1.11. The smallest absolute Gasteiger partial charge is 0.127 e. The Kier molecular flexibility index (Phi) is 16.7. The van der Waals surface area contributed by atoms with Gasteiger partial charge < -0.3 is 4.74 Å². The Bertz CT molecular complexity index is 316. The molecule has 0 atom stereocenters. The second-order valence-corrected chi connectivity index (χ2v) is 2.73. The monoisotopic (exact) mass is 260 g/mol. The van der Waals surface area contributed by atoms with E-state index in [9.17, 15) is 0 Å². The van der Waals surface area contributed by atoms with Gasteiger partial charge in [-0.25, -0.2) is 0 Å². The van der Waals surface area contributed by atoms with Gasteiger partial charge in [-0.3, -0.25) is 0 Å². The van der Waals surface area contributed by atoms with Gasteiger partial charge in [0.1, 0.15) is 11.5 Å². The molecule has 106 valence electrons. The second-order valence-electron chi connectivity index (χ2n) is 2.73. The van der Waals surface area contributed by atoms with Crippen LogP contribution in [0.15, 0.2) is 60.7 Å². The molecule has 0 heterocycles. The quantitative estimate of drug-likeness (QED) is 0.594. The van der Waals surface area contributed by atoms with E-state index in [1.165, 1.54) is 0 Å². The highest BCUT2D eigenvalue weighted by Gasteiger charge is 1.92. The van der Waals surface area contributed by atoms with Crippen LogP contribution in [-0.2, 0) is 0 Å². The highest BCUT2D eigenvalue weighted by molar-refractivity contribution is 5.30. The van der Waals surface area contributed by atoms with Crippen LogP contribution in [0.3, 0.4) is 0 Å². The first-order chi connectivity index (χ1) is 9.45. The molecule has 0 N–H and O–H groups in total. The summed E-state index contributed by atoms with van der Waals surface area (Å²) in [4.78, 5) is 0. The van der Waals surface area contributed by atoms with E-state index in [4.69, 9.17) is 4.74 Å². The summed E-state index contributed by atoms with van der Waals surface area (Å²) in [5.41, 5.74) is 0. The molecule has 2 rings (SSSR count). The van der Waals surface area contributed by atoms with Gasteiger partial charge in [0.2, 0.25) is 0 Å². The molecule has 0 saturated heterocycles. The maximum Gasteiger partial charge on any atom is 0.127 e. The summed E-state index contributed by atoms with van der Waals surface area (Å²) in [5.74, 6) is 1.74. The van der Waals surface area contributed by atoms with Crippen molar-refractivity contribution in [1.82, 2.24) is 0 Å². The molecule has 2 aromatic carbocycles. The molecular formula is C18H28O. The third-order valence-corrected chi connectivity index (χ3v) is 1.72. The molecule has 0 aliphatic carbocycles. The minimum absolute atomic E-state index is 0.869. The molecule has 19 heavy (non-hydrogen) atoms. The summed E-state index contributed by atoms with van der Waals surface area (Å²) in [5, 5.41) is 0. The van der Waals surface area contributed by atoms with Crippen molar-refractivity contribution in [3.8, 4) is 11.5 Å². The van der Waals surface area contributed by atoms with Crippen molar-refractivity contribution in [3.05, 3.63) is 60.7 Å². The minimum Gasteiger partial charge on any atom is -0.457 e. The van der Waals surface area contributed by atoms with Crippen LogP contribution in [0.5, 0.6) is 11.5 Å². The first-order valence-electron chi connectivity index (χ1n) is 7.23. The number of hydrogen-bond donors (Lipinski definition) is 0. The molecule has 0 aromatic heterocycles. The molecule has 0 bridgehead atoms. The van der Waals surface area contributed by atoms with Gasteiger partial charge in [-0.1, -0.05) is 77.9 Å². The molecule has 0 amide bonds. The Morgan fingerprint density at radius 2 is 0.737 bits per heavy atom. The third kappa shape index (κ3) is 9.90. The first-order valence-corrected chi connectivity index (χ1v) is 7.23. The van der Waals surface area contributed by atoms with E-state index in [1.807, 2.05) is 102 Å². The van der Waals surface area contributed by atoms with Crippen LogP contribution in [0.1, 0.15) is 41.5 Å². The van der Waals surface area contributed by atoms with Crippen molar-refractivity contribution in [1.29, 1.82) is 0 Å². The van der Waals surface area contributed by atoms with Crippen molar-refractivity contribution in [2.75, 3.05) is 0 Å². The molecule has 1 nitrogen and oxygen atoms in total. The van der Waals surface area contributed by atoms with Crippen LogP contribution in [0.2, 0.25) is 0 Å².